The first-order chi connectivity index (χ1) is 15.9. The molecule has 0 spiro atoms. The zero-order valence-electron chi connectivity index (χ0n) is 18.0. The van der Waals surface area contributed by atoms with Gasteiger partial charge >= 0.3 is 12.4 Å². The molecule has 4 rings (SSSR count). The van der Waals surface area contributed by atoms with Crippen molar-refractivity contribution >= 4 is 6.03 Å². The SMILES string of the molecule is O=C(N(CCc1ccccc1)C1CCCCC1)n1ncc(-c2ccc(OC(F)(F)F)cc2)n1. The second kappa shape index (κ2) is 10.1. The molecule has 0 radical (unpaired) electrons. The van der Waals surface area contributed by atoms with E-state index in [2.05, 4.69) is 14.9 Å². The van der Waals surface area contributed by atoms with E-state index < -0.39 is 6.36 Å². The van der Waals surface area contributed by atoms with Gasteiger partial charge in [0.1, 0.15) is 11.4 Å². The van der Waals surface area contributed by atoms with Crippen molar-refractivity contribution in [3.8, 4) is 17.0 Å². The molecule has 1 amide bonds. The topological polar surface area (TPSA) is 60.2 Å². The van der Waals surface area contributed by atoms with E-state index in [1.807, 2.05) is 35.2 Å². The Hall–Kier alpha value is -3.36. The maximum Gasteiger partial charge on any atom is 0.573 e. The zero-order valence-corrected chi connectivity index (χ0v) is 18.0. The lowest BCUT2D eigenvalue weighted by Gasteiger charge is -2.33. The number of hydrogen-bond donors (Lipinski definition) is 0. The second-order valence-electron chi connectivity index (χ2n) is 8.09. The summed E-state index contributed by atoms with van der Waals surface area (Å²) in [5.41, 5.74) is 2.09. The van der Waals surface area contributed by atoms with Crippen molar-refractivity contribution in [2.24, 2.45) is 0 Å². The van der Waals surface area contributed by atoms with Crippen LogP contribution in [0.3, 0.4) is 0 Å². The van der Waals surface area contributed by atoms with E-state index in [4.69, 9.17) is 0 Å². The van der Waals surface area contributed by atoms with Crippen molar-refractivity contribution in [1.29, 1.82) is 0 Å². The molecule has 1 aliphatic carbocycles. The van der Waals surface area contributed by atoms with Gasteiger partial charge in [-0.3, -0.25) is 0 Å². The highest BCUT2D eigenvalue weighted by Crippen LogP contribution is 2.26. The first-order valence-corrected chi connectivity index (χ1v) is 11.0. The van der Waals surface area contributed by atoms with Crippen molar-refractivity contribution in [3.05, 3.63) is 66.4 Å². The molecular formula is C24H25F3N4O2. The van der Waals surface area contributed by atoms with Crippen LogP contribution in [-0.4, -0.2) is 44.9 Å². The summed E-state index contributed by atoms with van der Waals surface area (Å²) in [4.78, 5) is 16.3. The van der Waals surface area contributed by atoms with Gasteiger partial charge in [0.15, 0.2) is 0 Å². The molecule has 3 aromatic rings. The van der Waals surface area contributed by atoms with Crippen LogP contribution in [0, 0.1) is 0 Å². The molecule has 1 aliphatic rings. The molecule has 0 saturated heterocycles. The molecule has 174 valence electrons. The fourth-order valence-electron chi connectivity index (χ4n) is 4.15. The van der Waals surface area contributed by atoms with Crippen molar-refractivity contribution < 1.29 is 22.7 Å². The molecule has 1 aromatic heterocycles. The maximum atomic E-state index is 13.3. The lowest BCUT2D eigenvalue weighted by Crippen LogP contribution is -2.45. The minimum absolute atomic E-state index is 0.142. The molecule has 0 aliphatic heterocycles. The number of carbonyl (C=O) groups is 1. The molecule has 33 heavy (non-hydrogen) atoms. The smallest absolute Gasteiger partial charge is 0.406 e. The fraction of sp³-hybridized carbons (Fsp3) is 0.375. The molecule has 0 bridgehead atoms. The lowest BCUT2D eigenvalue weighted by atomic mass is 9.94. The van der Waals surface area contributed by atoms with Gasteiger partial charge in [0.25, 0.3) is 0 Å². The third-order valence-electron chi connectivity index (χ3n) is 5.79. The molecule has 2 aromatic carbocycles. The number of carbonyl (C=O) groups excluding carboxylic acids is 1. The molecule has 1 fully saturated rings. The Morgan fingerprint density at radius 3 is 2.39 bits per heavy atom. The van der Waals surface area contributed by atoms with Crippen LogP contribution in [0.5, 0.6) is 5.75 Å². The average molecular weight is 458 g/mol. The van der Waals surface area contributed by atoms with E-state index in [1.165, 1.54) is 36.9 Å². The van der Waals surface area contributed by atoms with Crippen molar-refractivity contribution in [2.45, 2.75) is 50.9 Å². The van der Waals surface area contributed by atoms with Crippen LogP contribution >= 0.6 is 0 Å². The summed E-state index contributed by atoms with van der Waals surface area (Å²) in [5.74, 6) is -0.320. The summed E-state index contributed by atoms with van der Waals surface area (Å²) in [6.07, 6.45) is 2.68. The number of halogens is 3. The van der Waals surface area contributed by atoms with Gasteiger partial charge in [-0.2, -0.15) is 5.10 Å². The molecule has 9 heteroatoms. The summed E-state index contributed by atoms with van der Waals surface area (Å²) >= 11 is 0. The maximum absolute atomic E-state index is 13.3. The van der Waals surface area contributed by atoms with Crippen LogP contribution in [0.2, 0.25) is 0 Å². The standard InChI is InChI=1S/C24H25F3N4O2/c25-24(26,27)33-21-13-11-19(12-14-21)22-17-28-31(29-22)23(32)30(20-9-5-2-6-10-20)16-15-18-7-3-1-4-8-18/h1,3-4,7-8,11-14,17,20H,2,5-6,9-10,15-16H2. The first kappa shape index (κ1) is 22.8. The van der Waals surface area contributed by atoms with Crippen LogP contribution in [0.15, 0.2) is 60.8 Å². The normalized spacial score (nSPS) is 14.8. The number of alkyl halides is 3. The summed E-state index contributed by atoms with van der Waals surface area (Å²) in [6.45, 7) is 0.563. The van der Waals surface area contributed by atoms with Crippen LogP contribution in [0.4, 0.5) is 18.0 Å². The van der Waals surface area contributed by atoms with Gasteiger partial charge < -0.3 is 9.64 Å². The minimum atomic E-state index is -4.75. The molecular weight excluding hydrogens is 433 g/mol. The number of aromatic nitrogens is 3. The van der Waals surface area contributed by atoms with E-state index in [0.29, 0.717) is 17.8 Å². The van der Waals surface area contributed by atoms with Crippen molar-refractivity contribution in [2.75, 3.05) is 6.54 Å². The van der Waals surface area contributed by atoms with Gasteiger partial charge in [0.2, 0.25) is 0 Å². The van der Waals surface area contributed by atoms with E-state index in [9.17, 15) is 18.0 Å². The lowest BCUT2D eigenvalue weighted by molar-refractivity contribution is -0.274. The summed E-state index contributed by atoms with van der Waals surface area (Å²) in [7, 11) is 0. The van der Waals surface area contributed by atoms with Crippen LogP contribution in [0.25, 0.3) is 11.3 Å². The molecule has 0 atom stereocenters. The Bertz CT molecular complexity index is 1050. The predicted octanol–water partition coefficient (Wildman–Crippen LogP) is 5.69. The number of rotatable bonds is 6. The van der Waals surface area contributed by atoms with Crippen LogP contribution in [-0.2, 0) is 6.42 Å². The third-order valence-corrected chi connectivity index (χ3v) is 5.79. The largest absolute Gasteiger partial charge is 0.573 e. The minimum Gasteiger partial charge on any atom is -0.406 e. The molecule has 1 heterocycles. The van der Waals surface area contributed by atoms with Gasteiger partial charge in [0.05, 0.1) is 6.20 Å². The number of ether oxygens (including phenoxy) is 1. The zero-order chi connectivity index (χ0) is 23.3. The van der Waals surface area contributed by atoms with E-state index >= 15 is 0 Å². The third kappa shape index (κ3) is 6.12. The van der Waals surface area contributed by atoms with E-state index in [-0.39, 0.29) is 17.8 Å². The highest BCUT2D eigenvalue weighted by atomic mass is 19.4. The van der Waals surface area contributed by atoms with Gasteiger partial charge in [0, 0.05) is 18.2 Å². The van der Waals surface area contributed by atoms with E-state index in [0.717, 1.165) is 42.5 Å². The average Bonchev–Trinajstić information content (AvgIpc) is 3.30. The monoisotopic (exact) mass is 458 g/mol. The molecule has 0 N–H and O–H groups in total. The Morgan fingerprint density at radius 2 is 1.73 bits per heavy atom. The Morgan fingerprint density at radius 1 is 1.03 bits per heavy atom. The fourth-order valence-corrected chi connectivity index (χ4v) is 4.15. The number of benzene rings is 2. The Kier molecular flexibility index (Phi) is 6.96. The summed E-state index contributed by atoms with van der Waals surface area (Å²) in [5, 5.41) is 8.45. The summed E-state index contributed by atoms with van der Waals surface area (Å²) in [6, 6.07) is 15.2. The van der Waals surface area contributed by atoms with Crippen LogP contribution in [0.1, 0.15) is 37.7 Å². The summed E-state index contributed by atoms with van der Waals surface area (Å²) < 4.78 is 41.0. The van der Waals surface area contributed by atoms with Gasteiger partial charge in [-0.25, -0.2) is 4.79 Å². The molecule has 0 unspecified atom stereocenters. The van der Waals surface area contributed by atoms with Gasteiger partial charge in [-0.1, -0.05) is 54.4 Å². The van der Waals surface area contributed by atoms with Gasteiger partial charge in [-0.05, 0) is 49.1 Å². The second-order valence-corrected chi connectivity index (χ2v) is 8.09. The molecule has 6 nitrogen and oxygen atoms in total. The number of amides is 1. The predicted molar refractivity (Wildman–Crippen MR) is 117 cm³/mol. The number of nitrogens with zero attached hydrogens (tertiary/aromatic N) is 4. The first-order valence-electron chi connectivity index (χ1n) is 11.0. The Labute approximate surface area is 190 Å². The van der Waals surface area contributed by atoms with Gasteiger partial charge in [-0.15, -0.1) is 18.3 Å². The van der Waals surface area contributed by atoms with Crippen molar-refractivity contribution in [1.82, 2.24) is 19.9 Å². The van der Waals surface area contributed by atoms with E-state index in [1.54, 1.807) is 0 Å². The van der Waals surface area contributed by atoms with Crippen molar-refractivity contribution in [3.63, 3.8) is 0 Å². The van der Waals surface area contributed by atoms with Crippen LogP contribution < -0.4 is 4.74 Å². The quantitative estimate of drug-likeness (QED) is 0.476. The highest BCUT2D eigenvalue weighted by molar-refractivity contribution is 5.76. The Balaban J connectivity index is 1.49. The molecule has 1 saturated carbocycles. The number of hydrogen-bond acceptors (Lipinski definition) is 4. The highest BCUT2D eigenvalue weighted by Gasteiger charge is 2.31.